The lowest BCUT2D eigenvalue weighted by atomic mass is 10.0. The quantitative estimate of drug-likeness (QED) is 0.568. The average Bonchev–Trinajstić information content (AvgIpc) is 2.43. The van der Waals surface area contributed by atoms with Crippen LogP contribution in [-0.4, -0.2) is 0 Å². The smallest absolute Gasteiger partial charge is 0.0595 e. The van der Waals surface area contributed by atoms with Gasteiger partial charge in [-0.2, -0.15) is 0 Å². The second-order valence-corrected chi connectivity index (χ2v) is 5.86. The fourth-order valence-electron chi connectivity index (χ4n) is 2.01. The van der Waals surface area contributed by atoms with Gasteiger partial charge in [0.2, 0.25) is 0 Å². The van der Waals surface area contributed by atoms with Crippen molar-refractivity contribution in [2.24, 2.45) is 0 Å². The minimum Gasteiger partial charge on any atom is -0.118 e. The SMILES string of the molecule is Clc1ccc(CCCC(Cl)c2ccccc2)cc1Cl. The Morgan fingerprint density at radius 1 is 0.895 bits per heavy atom. The van der Waals surface area contributed by atoms with E-state index in [0.717, 1.165) is 19.3 Å². The van der Waals surface area contributed by atoms with Crippen molar-refractivity contribution < 1.29 is 0 Å². The Labute approximate surface area is 129 Å². The van der Waals surface area contributed by atoms with Gasteiger partial charge in [-0.3, -0.25) is 0 Å². The van der Waals surface area contributed by atoms with Crippen LogP contribution in [-0.2, 0) is 6.42 Å². The van der Waals surface area contributed by atoms with Crippen LogP contribution in [0.2, 0.25) is 10.0 Å². The molecule has 3 heteroatoms. The molecule has 0 radical (unpaired) electrons. The van der Waals surface area contributed by atoms with Crippen molar-refractivity contribution in [2.45, 2.75) is 24.6 Å². The van der Waals surface area contributed by atoms with Crippen LogP contribution >= 0.6 is 34.8 Å². The molecule has 0 saturated carbocycles. The van der Waals surface area contributed by atoms with Crippen molar-refractivity contribution >= 4 is 34.8 Å². The predicted molar refractivity (Wildman–Crippen MR) is 84.4 cm³/mol. The molecule has 0 amide bonds. The van der Waals surface area contributed by atoms with Crippen molar-refractivity contribution in [3.63, 3.8) is 0 Å². The van der Waals surface area contributed by atoms with Crippen LogP contribution < -0.4 is 0 Å². The highest BCUT2D eigenvalue weighted by Gasteiger charge is 2.07. The summed E-state index contributed by atoms with van der Waals surface area (Å²) >= 11 is 18.3. The van der Waals surface area contributed by atoms with E-state index in [9.17, 15) is 0 Å². The number of hydrogen-bond donors (Lipinski definition) is 0. The molecule has 2 aromatic carbocycles. The van der Waals surface area contributed by atoms with Crippen LogP contribution in [0.25, 0.3) is 0 Å². The van der Waals surface area contributed by atoms with Gasteiger partial charge in [-0.1, -0.05) is 59.6 Å². The highest BCUT2D eigenvalue weighted by molar-refractivity contribution is 6.42. The van der Waals surface area contributed by atoms with Gasteiger partial charge < -0.3 is 0 Å². The number of halogens is 3. The number of hydrogen-bond acceptors (Lipinski definition) is 0. The Balaban J connectivity index is 1.85. The summed E-state index contributed by atoms with van der Waals surface area (Å²) in [6.07, 6.45) is 2.94. The molecule has 0 aliphatic heterocycles. The lowest BCUT2D eigenvalue weighted by Gasteiger charge is -2.09. The third kappa shape index (κ3) is 4.42. The maximum absolute atomic E-state index is 6.38. The Morgan fingerprint density at radius 2 is 1.63 bits per heavy atom. The molecule has 1 unspecified atom stereocenters. The molecule has 0 saturated heterocycles. The normalized spacial score (nSPS) is 12.4. The summed E-state index contributed by atoms with van der Waals surface area (Å²) in [5, 5.41) is 1.29. The first-order valence-electron chi connectivity index (χ1n) is 6.30. The Kier molecular flexibility index (Phi) is 5.57. The van der Waals surface area contributed by atoms with Crippen LogP contribution in [0.5, 0.6) is 0 Å². The molecule has 0 heterocycles. The number of aryl methyl sites for hydroxylation is 1. The maximum atomic E-state index is 6.38. The monoisotopic (exact) mass is 312 g/mol. The minimum absolute atomic E-state index is 0.0731. The molecule has 2 aromatic rings. The Bertz CT molecular complexity index is 523. The summed E-state index contributed by atoms with van der Waals surface area (Å²) in [7, 11) is 0. The predicted octanol–water partition coefficient (Wildman–Crippen LogP) is 6.30. The van der Waals surface area contributed by atoms with Gasteiger partial charge in [0.1, 0.15) is 0 Å². The van der Waals surface area contributed by atoms with E-state index < -0.39 is 0 Å². The van der Waals surface area contributed by atoms with Crippen molar-refractivity contribution in [2.75, 3.05) is 0 Å². The summed E-state index contributed by atoms with van der Waals surface area (Å²) in [5.41, 5.74) is 2.38. The second kappa shape index (κ2) is 7.19. The van der Waals surface area contributed by atoms with Crippen LogP contribution in [0.15, 0.2) is 48.5 Å². The first kappa shape index (κ1) is 14.7. The zero-order valence-electron chi connectivity index (χ0n) is 10.5. The van der Waals surface area contributed by atoms with E-state index in [2.05, 4.69) is 12.1 Å². The first-order chi connectivity index (χ1) is 9.16. The molecule has 0 nitrogen and oxygen atoms in total. The van der Waals surface area contributed by atoms with Crippen LogP contribution in [0.4, 0.5) is 0 Å². The number of benzene rings is 2. The molecule has 0 spiro atoms. The largest absolute Gasteiger partial charge is 0.118 e. The van der Waals surface area contributed by atoms with E-state index in [4.69, 9.17) is 34.8 Å². The van der Waals surface area contributed by atoms with Gasteiger partial charge in [-0.15, -0.1) is 11.6 Å². The van der Waals surface area contributed by atoms with Gasteiger partial charge in [0.25, 0.3) is 0 Å². The van der Waals surface area contributed by atoms with Gasteiger partial charge in [0.15, 0.2) is 0 Å². The van der Waals surface area contributed by atoms with Gasteiger partial charge in [0, 0.05) is 0 Å². The van der Waals surface area contributed by atoms with Gasteiger partial charge in [-0.05, 0) is 42.5 Å². The zero-order valence-corrected chi connectivity index (χ0v) is 12.7. The van der Waals surface area contributed by atoms with Crippen LogP contribution in [0.3, 0.4) is 0 Å². The fourth-order valence-corrected chi connectivity index (χ4v) is 2.63. The third-order valence-electron chi connectivity index (χ3n) is 3.07. The highest BCUT2D eigenvalue weighted by atomic mass is 35.5. The fraction of sp³-hybridized carbons (Fsp3) is 0.250. The standard InChI is InChI=1S/C16H15Cl3/c17-14(13-6-2-1-3-7-13)8-4-5-12-9-10-15(18)16(19)11-12/h1-3,6-7,9-11,14H,4-5,8H2. The van der Waals surface area contributed by atoms with E-state index in [1.807, 2.05) is 36.4 Å². The Hall–Kier alpha value is -0.690. The first-order valence-corrected chi connectivity index (χ1v) is 7.49. The molecular weight excluding hydrogens is 299 g/mol. The molecule has 2 rings (SSSR count). The van der Waals surface area contributed by atoms with Gasteiger partial charge in [0.05, 0.1) is 15.4 Å². The number of alkyl halides is 1. The van der Waals surface area contributed by atoms with Gasteiger partial charge >= 0.3 is 0 Å². The van der Waals surface area contributed by atoms with Crippen molar-refractivity contribution in [3.05, 3.63) is 69.7 Å². The molecule has 0 aliphatic rings. The summed E-state index contributed by atoms with van der Waals surface area (Å²) < 4.78 is 0. The molecule has 0 aromatic heterocycles. The zero-order chi connectivity index (χ0) is 13.7. The summed E-state index contributed by atoms with van der Waals surface area (Å²) in [6, 6.07) is 16.0. The third-order valence-corrected chi connectivity index (χ3v) is 4.28. The summed E-state index contributed by atoms with van der Waals surface area (Å²) in [6.45, 7) is 0. The molecule has 0 fully saturated rings. The molecule has 0 N–H and O–H groups in total. The topological polar surface area (TPSA) is 0 Å². The maximum Gasteiger partial charge on any atom is 0.0595 e. The summed E-state index contributed by atoms with van der Waals surface area (Å²) in [4.78, 5) is 0. The Morgan fingerprint density at radius 3 is 2.32 bits per heavy atom. The lowest BCUT2D eigenvalue weighted by Crippen LogP contribution is -1.93. The van der Waals surface area contributed by atoms with E-state index in [0.29, 0.717) is 10.0 Å². The highest BCUT2D eigenvalue weighted by Crippen LogP contribution is 2.27. The van der Waals surface area contributed by atoms with Crippen molar-refractivity contribution in [3.8, 4) is 0 Å². The number of rotatable bonds is 5. The molecule has 0 bridgehead atoms. The van der Waals surface area contributed by atoms with Crippen molar-refractivity contribution in [1.29, 1.82) is 0 Å². The summed E-state index contributed by atoms with van der Waals surface area (Å²) in [5.74, 6) is 0. The molecule has 19 heavy (non-hydrogen) atoms. The molecule has 0 aliphatic carbocycles. The van der Waals surface area contributed by atoms with Crippen molar-refractivity contribution in [1.82, 2.24) is 0 Å². The average molecular weight is 314 g/mol. The van der Waals surface area contributed by atoms with Gasteiger partial charge in [-0.25, -0.2) is 0 Å². The lowest BCUT2D eigenvalue weighted by molar-refractivity contribution is 0.716. The minimum atomic E-state index is 0.0731. The second-order valence-electron chi connectivity index (χ2n) is 4.52. The van der Waals surface area contributed by atoms with E-state index in [1.54, 1.807) is 0 Å². The molecular formula is C16H15Cl3. The van der Waals surface area contributed by atoms with E-state index >= 15 is 0 Å². The van der Waals surface area contributed by atoms with E-state index in [1.165, 1.54) is 11.1 Å². The van der Waals surface area contributed by atoms with Crippen LogP contribution in [0.1, 0.15) is 29.3 Å². The van der Waals surface area contributed by atoms with Crippen LogP contribution in [0, 0.1) is 0 Å². The van der Waals surface area contributed by atoms with E-state index in [-0.39, 0.29) is 5.38 Å². The molecule has 1 atom stereocenters. The molecule has 100 valence electrons.